The highest BCUT2D eigenvalue weighted by Crippen LogP contribution is 2.26. The van der Waals surface area contributed by atoms with Crippen LogP contribution in [0.2, 0.25) is 0 Å². The van der Waals surface area contributed by atoms with Crippen molar-refractivity contribution in [1.29, 1.82) is 0 Å². The number of aromatic amines is 1. The molecule has 1 aliphatic rings. The molecule has 3 amide bonds. The molecule has 1 aromatic carbocycles. The van der Waals surface area contributed by atoms with Crippen molar-refractivity contribution in [2.24, 2.45) is 11.8 Å². The van der Waals surface area contributed by atoms with Gasteiger partial charge in [-0.2, -0.15) is 0 Å². The Morgan fingerprint density at radius 2 is 2.06 bits per heavy atom. The number of fused-ring (bicyclic) bond motifs is 1. The van der Waals surface area contributed by atoms with E-state index in [-0.39, 0.29) is 30.7 Å². The molecule has 4 N–H and O–H groups in total. The molecule has 0 unspecified atom stereocenters. The molecule has 190 valence electrons. The van der Waals surface area contributed by atoms with E-state index in [1.807, 2.05) is 26.0 Å². The van der Waals surface area contributed by atoms with E-state index >= 15 is 0 Å². The molecular formula is C24H33N5O6. The lowest BCUT2D eigenvalue weighted by Gasteiger charge is -2.25. The van der Waals surface area contributed by atoms with Crippen molar-refractivity contribution in [3.05, 3.63) is 40.1 Å². The van der Waals surface area contributed by atoms with Crippen LogP contribution in [0.25, 0.3) is 10.9 Å². The van der Waals surface area contributed by atoms with Crippen molar-refractivity contribution in [1.82, 2.24) is 20.9 Å². The van der Waals surface area contributed by atoms with E-state index in [0.717, 1.165) is 10.9 Å². The molecule has 11 nitrogen and oxygen atoms in total. The third-order valence-corrected chi connectivity index (χ3v) is 6.16. The van der Waals surface area contributed by atoms with Crippen molar-refractivity contribution in [2.45, 2.75) is 51.6 Å². The number of hydrogen-bond donors (Lipinski definition) is 4. The summed E-state index contributed by atoms with van der Waals surface area (Å²) in [6.07, 6.45) is 1.43. The number of nitro groups is 1. The number of rotatable bonds is 12. The number of amides is 3. The summed E-state index contributed by atoms with van der Waals surface area (Å²) in [5, 5.41) is 20.1. The summed E-state index contributed by atoms with van der Waals surface area (Å²) < 4.78 is 5.35. The van der Waals surface area contributed by atoms with Crippen molar-refractivity contribution in [3.63, 3.8) is 0 Å². The van der Waals surface area contributed by atoms with Gasteiger partial charge in [0.25, 0.3) is 5.91 Å². The minimum absolute atomic E-state index is 0.103. The average molecular weight is 488 g/mol. The number of nitrogens with zero attached hydrogens (tertiary/aromatic N) is 1. The third-order valence-electron chi connectivity index (χ3n) is 6.16. The maximum absolute atomic E-state index is 13.2. The normalized spacial score (nSPS) is 17.1. The fourth-order valence-electron chi connectivity index (χ4n) is 4.39. The number of carbonyl (C=O) groups excluding carboxylic acids is 3. The number of H-pyrrole nitrogens is 1. The molecule has 3 atom stereocenters. The van der Waals surface area contributed by atoms with Gasteiger partial charge >= 0.3 is 0 Å². The first kappa shape index (κ1) is 26.0. The van der Waals surface area contributed by atoms with Crippen molar-refractivity contribution >= 4 is 28.6 Å². The highest BCUT2D eigenvalue weighted by molar-refractivity contribution is 6.01. The van der Waals surface area contributed by atoms with Crippen molar-refractivity contribution in [2.75, 3.05) is 20.2 Å². The van der Waals surface area contributed by atoms with Crippen LogP contribution in [0.5, 0.6) is 5.75 Å². The van der Waals surface area contributed by atoms with Gasteiger partial charge < -0.3 is 25.7 Å². The van der Waals surface area contributed by atoms with E-state index in [9.17, 15) is 24.5 Å². The summed E-state index contributed by atoms with van der Waals surface area (Å²) in [5.74, 6) is -0.544. The SMILES string of the molecule is COc1cccc2[nH]c(C(=O)N[C@@H](CC(C)C)C(=O)N[C@H](CC[N+](=O)[O-])C[C@@H]3CCNC3=O)cc12. The Morgan fingerprint density at radius 3 is 2.69 bits per heavy atom. The van der Waals surface area contributed by atoms with Gasteiger partial charge in [0.15, 0.2) is 0 Å². The molecule has 2 heterocycles. The van der Waals surface area contributed by atoms with Crippen LogP contribution in [0.3, 0.4) is 0 Å². The van der Waals surface area contributed by atoms with E-state index in [1.165, 1.54) is 0 Å². The van der Waals surface area contributed by atoms with Gasteiger partial charge in [-0.3, -0.25) is 24.5 Å². The summed E-state index contributed by atoms with van der Waals surface area (Å²) in [6.45, 7) is 4.11. The van der Waals surface area contributed by atoms with Gasteiger partial charge in [0.2, 0.25) is 18.4 Å². The molecule has 0 radical (unpaired) electrons. The van der Waals surface area contributed by atoms with Crippen LogP contribution >= 0.6 is 0 Å². The molecule has 0 spiro atoms. The van der Waals surface area contributed by atoms with E-state index in [4.69, 9.17) is 4.74 Å². The number of ether oxygens (including phenoxy) is 1. The highest BCUT2D eigenvalue weighted by atomic mass is 16.6. The van der Waals surface area contributed by atoms with E-state index in [2.05, 4.69) is 20.9 Å². The first-order valence-electron chi connectivity index (χ1n) is 11.8. The second-order valence-corrected chi connectivity index (χ2v) is 9.32. The lowest BCUT2D eigenvalue weighted by molar-refractivity contribution is -0.481. The van der Waals surface area contributed by atoms with Crippen molar-refractivity contribution < 1.29 is 24.0 Å². The van der Waals surface area contributed by atoms with Crippen LogP contribution in [-0.2, 0) is 9.59 Å². The molecule has 0 saturated carbocycles. The zero-order chi connectivity index (χ0) is 25.5. The Bertz CT molecular complexity index is 1080. The van der Waals surface area contributed by atoms with Crippen LogP contribution < -0.4 is 20.7 Å². The molecule has 1 aliphatic heterocycles. The molecule has 0 bridgehead atoms. The Labute approximate surface area is 203 Å². The predicted molar refractivity (Wildman–Crippen MR) is 130 cm³/mol. The zero-order valence-corrected chi connectivity index (χ0v) is 20.3. The summed E-state index contributed by atoms with van der Waals surface area (Å²) in [7, 11) is 1.55. The van der Waals surface area contributed by atoms with Gasteiger partial charge in [-0.25, -0.2) is 0 Å². The number of nitrogens with one attached hydrogen (secondary N) is 4. The predicted octanol–water partition coefficient (Wildman–Crippen LogP) is 2.00. The quantitative estimate of drug-likeness (QED) is 0.265. The molecule has 1 fully saturated rings. The molecule has 3 rings (SSSR count). The number of carbonyl (C=O) groups is 3. The minimum atomic E-state index is -0.841. The zero-order valence-electron chi connectivity index (χ0n) is 20.3. The van der Waals surface area contributed by atoms with Crippen LogP contribution in [-0.4, -0.2) is 59.9 Å². The second kappa shape index (κ2) is 11.7. The average Bonchev–Trinajstić information content (AvgIpc) is 3.42. The van der Waals surface area contributed by atoms with Crippen molar-refractivity contribution in [3.8, 4) is 5.75 Å². The second-order valence-electron chi connectivity index (χ2n) is 9.32. The molecule has 11 heteroatoms. The largest absolute Gasteiger partial charge is 0.496 e. The Balaban J connectivity index is 1.73. The van der Waals surface area contributed by atoms with Gasteiger partial charge in [0.1, 0.15) is 17.5 Å². The molecular weight excluding hydrogens is 454 g/mol. The molecule has 35 heavy (non-hydrogen) atoms. The molecule has 1 saturated heterocycles. The van der Waals surface area contributed by atoms with Gasteiger partial charge in [0.05, 0.1) is 7.11 Å². The first-order valence-corrected chi connectivity index (χ1v) is 11.8. The highest BCUT2D eigenvalue weighted by Gasteiger charge is 2.31. The van der Waals surface area contributed by atoms with Gasteiger partial charge in [0, 0.05) is 40.8 Å². The smallest absolute Gasteiger partial charge is 0.268 e. The third kappa shape index (κ3) is 6.93. The molecule has 2 aromatic rings. The number of methoxy groups -OCH3 is 1. The van der Waals surface area contributed by atoms with Gasteiger partial charge in [-0.15, -0.1) is 0 Å². The van der Waals surface area contributed by atoms with E-state index < -0.39 is 28.8 Å². The summed E-state index contributed by atoms with van der Waals surface area (Å²) in [5.41, 5.74) is 1.02. The van der Waals surface area contributed by atoms with E-state index in [1.54, 1.807) is 19.2 Å². The topological polar surface area (TPSA) is 155 Å². The summed E-state index contributed by atoms with van der Waals surface area (Å²) in [6, 6.07) is 5.71. The minimum Gasteiger partial charge on any atom is -0.496 e. The summed E-state index contributed by atoms with van der Waals surface area (Å²) in [4.78, 5) is 51.8. The van der Waals surface area contributed by atoms with Gasteiger partial charge in [-0.1, -0.05) is 19.9 Å². The summed E-state index contributed by atoms with van der Waals surface area (Å²) >= 11 is 0. The maximum atomic E-state index is 13.2. The number of aromatic nitrogens is 1. The van der Waals surface area contributed by atoms with Crippen LogP contribution in [0, 0.1) is 22.0 Å². The first-order chi connectivity index (χ1) is 16.7. The fourth-order valence-corrected chi connectivity index (χ4v) is 4.39. The Kier molecular flexibility index (Phi) is 8.67. The molecule has 1 aromatic heterocycles. The monoisotopic (exact) mass is 487 g/mol. The number of hydrogen-bond acceptors (Lipinski definition) is 6. The number of benzene rings is 1. The van der Waals surface area contributed by atoms with E-state index in [0.29, 0.717) is 37.3 Å². The fraction of sp³-hybridized carbons (Fsp3) is 0.542. The molecule has 0 aliphatic carbocycles. The van der Waals surface area contributed by atoms with Gasteiger partial charge in [-0.05, 0) is 43.4 Å². The standard InChI is InChI=1S/C24H33N5O6/c1-14(2)11-19(28-24(32)20-13-17-18(27-20)5-4-6-21(17)35-3)23(31)26-16(8-10-29(33)34)12-15-7-9-25-22(15)30/h4-6,13-16,19,27H,7-12H2,1-3H3,(H,25,30)(H,26,31)(H,28,32)/t15-,16+,19-/m0/s1. The van der Waals surface area contributed by atoms with Crippen LogP contribution in [0.4, 0.5) is 0 Å². The Morgan fingerprint density at radius 1 is 1.29 bits per heavy atom. The Hall–Kier alpha value is -3.63. The van der Waals surface area contributed by atoms with Crippen LogP contribution in [0.15, 0.2) is 24.3 Å². The maximum Gasteiger partial charge on any atom is 0.268 e. The van der Waals surface area contributed by atoms with Crippen LogP contribution in [0.1, 0.15) is 50.0 Å². The lowest BCUT2D eigenvalue weighted by Crippen LogP contribution is -2.51. The lowest BCUT2D eigenvalue weighted by atomic mass is 9.95.